The van der Waals surface area contributed by atoms with Gasteiger partial charge in [-0.2, -0.15) is 0 Å². The first-order chi connectivity index (χ1) is 5.84. The number of unbranched alkanes of at least 4 members (excludes halogenated alkanes) is 1. The van der Waals surface area contributed by atoms with Crippen molar-refractivity contribution in [3.63, 3.8) is 0 Å². The second-order valence-corrected chi connectivity index (χ2v) is 3.21. The molecule has 70 valence electrons. The monoisotopic (exact) mass is 171 g/mol. The zero-order chi connectivity index (χ0) is 8.81. The Kier molecular flexibility index (Phi) is 4.08. The molecule has 1 rings (SSSR count). The molecule has 1 aliphatic heterocycles. The second-order valence-electron chi connectivity index (χ2n) is 3.21. The Labute approximate surface area is 73.5 Å². The Hall–Kier alpha value is -0.570. The van der Waals surface area contributed by atoms with Crippen molar-refractivity contribution in [2.45, 2.75) is 26.2 Å². The quantitative estimate of drug-likeness (QED) is 0.505. The van der Waals surface area contributed by atoms with Crippen LogP contribution in [0.25, 0.3) is 0 Å². The normalized spacial score (nSPS) is 22.6. The number of esters is 1. The third kappa shape index (κ3) is 2.81. The van der Waals surface area contributed by atoms with Crippen molar-refractivity contribution in [3.8, 4) is 0 Å². The highest BCUT2D eigenvalue weighted by atomic mass is 16.5. The minimum Gasteiger partial charge on any atom is -0.465 e. The van der Waals surface area contributed by atoms with Gasteiger partial charge in [0, 0.05) is 6.54 Å². The summed E-state index contributed by atoms with van der Waals surface area (Å²) in [5.41, 5.74) is 0. The Bertz CT molecular complexity index is 141. The molecule has 1 N–H and O–H groups in total. The highest BCUT2D eigenvalue weighted by Crippen LogP contribution is 2.09. The van der Waals surface area contributed by atoms with Crippen LogP contribution < -0.4 is 5.32 Å². The summed E-state index contributed by atoms with van der Waals surface area (Å²) in [6.45, 7) is 4.43. The standard InChI is InChI=1S/C9H17NO2/c1-2-3-6-12-9(11)8-4-5-10-7-8/h8,10H,2-7H2,1H3/t8-/m1/s1. The van der Waals surface area contributed by atoms with Crippen LogP contribution in [0, 0.1) is 5.92 Å². The molecule has 0 aromatic rings. The third-order valence-electron chi connectivity index (χ3n) is 2.14. The van der Waals surface area contributed by atoms with Gasteiger partial charge >= 0.3 is 5.97 Å². The zero-order valence-electron chi connectivity index (χ0n) is 7.64. The van der Waals surface area contributed by atoms with Gasteiger partial charge in [-0.3, -0.25) is 4.79 Å². The Balaban J connectivity index is 2.10. The Morgan fingerprint density at radius 1 is 1.67 bits per heavy atom. The lowest BCUT2D eigenvalue weighted by Crippen LogP contribution is -2.20. The van der Waals surface area contributed by atoms with Crippen molar-refractivity contribution in [2.24, 2.45) is 5.92 Å². The first kappa shape index (κ1) is 9.52. The van der Waals surface area contributed by atoms with Gasteiger partial charge in [-0.05, 0) is 19.4 Å². The second kappa shape index (κ2) is 5.14. The fraction of sp³-hybridized carbons (Fsp3) is 0.889. The zero-order valence-corrected chi connectivity index (χ0v) is 7.64. The molecule has 0 aromatic carbocycles. The van der Waals surface area contributed by atoms with E-state index in [9.17, 15) is 4.79 Å². The van der Waals surface area contributed by atoms with Crippen molar-refractivity contribution in [2.75, 3.05) is 19.7 Å². The van der Waals surface area contributed by atoms with Gasteiger partial charge in [-0.1, -0.05) is 13.3 Å². The molecule has 1 aliphatic rings. The van der Waals surface area contributed by atoms with Gasteiger partial charge < -0.3 is 10.1 Å². The van der Waals surface area contributed by atoms with Crippen LogP contribution in [-0.4, -0.2) is 25.7 Å². The number of hydrogen-bond donors (Lipinski definition) is 1. The van der Waals surface area contributed by atoms with Crippen molar-refractivity contribution >= 4 is 5.97 Å². The van der Waals surface area contributed by atoms with Crippen LogP contribution in [0.2, 0.25) is 0 Å². The minimum absolute atomic E-state index is 0.0200. The minimum atomic E-state index is -0.0200. The SMILES string of the molecule is CCCCOC(=O)[C@@H]1CCNC1. The Morgan fingerprint density at radius 2 is 2.50 bits per heavy atom. The first-order valence-electron chi connectivity index (χ1n) is 4.72. The van der Waals surface area contributed by atoms with Gasteiger partial charge in [0.1, 0.15) is 0 Å². The molecular weight excluding hydrogens is 154 g/mol. The summed E-state index contributed by atoms with van der Waals surface area (Å²) in [7, 11) is 0. The molecule has 0 unspecified atom stereocenters. The average molecular weight is 171 g/mol. The number of hydrogen-bond acceptors (Lipinski definition) is 3. The topological polar surface area (TPSA) is 38.3 Å². The molecule has 0 amide bonds. The fourth-order valence-electron chi connectivity index (χ4n) is 1.29. The molecule has 0 aromatic heterocycles. The maximum absolute atomic E-state index is 11.3. The van der Waals surface area contributed by atoms with Crippen LogP contribution in [0.3, 0.4) is 0 Å². The summed E-state index contributed by atoms with van der Waals surface area (Å²) in [5.74, 6) is 0.0929. The molecular formula is C9H17NO2. The summed E-state index contributed by atoms with van der Waals surface area (Å²) in [4.78, 5) is 11.3. The molecule has 0 spiro atoms. The summed E-state index contributed by atoms with van der Waals surface area (Å²) in [6, 6.07) is 0. The van der Waals surface area contributed by atoms with E-state index in [1.165, 1.54) is 0 Å². The summed E-state index contributed by atoms with van der Waals surface area (Å²) in [6.07, 6.45) is 2.99. The van der Waals surface area contributed by atoms with E-state index in [0.29, 0.717) is 6.61 Å². The molecule has 1 fully saturated rings. The van der Waals surface area contributed by atoms with E-state index in [-0.39, 0.29) is 11.9 Å². The maximum atomic E-state index is 11.3. The largest absolute Gasteiger partial charge is 0.465 e. The lowest BCUT2D eigenvalue weighted by molar-refractivity contribution is -0.147. The van der Waals surface area contributed by atoms with Crippen LogP contribution >= 0.6 is 0 Å². The fourth-order valence-corrected chi connectivity index (χ4v) is 1.29. The molecule has 0 aliphatic carbocycles. The average Bonchev–Trinajstić information content (AvgIpc) is 2.56. The lowest BCUT2D eigenvalue weighted by Gasteiger charge is -2.07. The highest BCUT2D eigenvalue weighted by Gasteiger charge is 2.23. The van der Waals surface area contributed by atoms with Gasteiger partial charge in [0.15, 0.2) is 0 Å². The number of ether oxygens (including phenoxy) is 1. The van der Waals surface area contributed by atoms with Crippen molar-refractivity contribution in [1.82, 2.24) is 5.32 Å². The van der Waals surface area contributed by atoms with E-state index in [4.69, 9.17) is 4.74 Å². The third-order valence-corrected chi connectivity index (χ3v) is 2.14. The van der Waals surface area contributed by atoms with E-state index in [2.05, 4.69) is 12.2 Å². The van der Waals surface area contributed by atoms with Crippen LogP contribution in [0.1, 0.15) is 26.2 Å². The molecule has 3 nitrogen and oxygen atoms in total. The number of rotatable bonds is 4. The smallest absolute Gasteiger partial charge is 0.310 e. The predicted octanol–water partition coefficient (Wildman–Crippen LogP) is 0.939. The number of nitrogens with one attached hydrogen (secondary N) is 1. The van der Waals surface area contributed by atoms with Crippen LogP contribution in [0.5, 0.6) is 0 Å². The maximum Gasteiger partial charge on any atom is 0.310 e. The molecule has 1 atom stereocenters. The van der Waals surface area contributed by atoms with Gasteiger partial charge in [0.25, 0.3) is 0 Å². The van der Waals surface area contributed by atoms with E-state index >= 15 is 0 Å². The Morgan fingerprint density at radius 3 is 3.08 bits per heavy atom. The molecule has 0 bridgehead atoms. The molecule has 0 radical (unpaired) electrons. The van der Waals surface area contributed by atoms with E-state index in [0.717, 1.165) is 32.4 Å². The van der Waals surface area contributed by atoms with Crippen LogP contribution in [0.4, 0.5) is 0 Å². The van der Waals surface area contributed by atoms with E-state index in [1.807, 2.05) is 0 Å². The van der Waals surface area contributed by atoms with Crippen LogP contribution in [-0.2, 0) is 9.53 Å². The van der Waals surface area contributed by atoms with Crippen molar-refractivity contribution in [1.29, 1.82) is 0 Å². The van der Waals surface area contributed by atoms with Crippen molar-refractivity contribution in [3.05, 3.63) is 0 Å². The molecule has 3 heteroatoms. The molecule has 12 heavy (non-hydrogen) atoms. The molecule has 0 saturated carbocycles. The highest BCUT2D eigenvalue weighted by molar-refractivity contribution is 5.73. The lowest BCUT2D eigenvalue weighted by atomic mass is 10.1. The number of carbonyl (C=O) groups excluding carboxylic acids is 1. The first-order valence-corrected chi connectivity index (χ1v) is 4.72. The molecule has 1 saturated heterocycles. The predicted molar refractivity (Wildman–Crippen MR) is 46.8 cm³/mol. The van der Waals surface area contributed by atoms with Crippen molar-refractivity contribution < 1.29 is 9.53 Å². The van der Waals surface area contributed by atoms with Gasteiger partial charge in [0.2, 0.25) is 0 Å². The van der Waals surface area contributed by atoms with Gasteiger partial charge in [-0.15, -0.1) is 0 Å². The summed E-state index contributed by atoms with van der Waals surface area (Å²) in [5, 5.41) is 3.14. The number of carbonyl (C=O) groups is 1. The van der Waals surface area contributed by atoms with Crippen LogP contribution in [0.15, 0.2) is 0 Å². The van der Waals surface area contributed by atoms with E-state index < -0.39 is 0 Å². The molecule has 1 heterocycles. The van der Waals surface area contributed by atoms with E-state index in [1.54, 1.807) is 0 Å². The summed E-state index contributed by atoms with van der Waals surface area (Å²) < 4.78 is 5.09. The summed E-state index contributed by atoms with van der Waals surface area (Å²) >= 11 is 0. The van der Waals surface area contributed by atoms with Gasteiger partial charge in [0.05, 0.1) is 12.5 Å². The van der Waals surface area contributed by atoms with Gasteiger partial charge in [-0.25, -0.2) is 0 Å².